The van der Waals surface area contributed by atoms with Gasteiger partial charge in [0.2, 0.25) is 0 Å². The number of nitrogens with zero attached hydrogens (tertiary/aromatic N) is 3. The molecular formula is C7H2F3N3O2. The van der Waals surface area contributed by atoms with E-state index in [1.807, 2.05) is 0 Å². The molecule has 0 saturated heterocycles. The van der Waals surface area contributed by atoms with Crippen molar-refractivity contribution in [3.8, 4) is 6.07 Å². The second-order valence-corrected chi connectivity index (χ2v) is 2.39. The van der Waals surface area contributed by atoms with Crippen LogP contribution >= 0.6 is 0 Å². The molecule has 1 aromatic heterocycles. The van der Waals surface area contributed by atoms with E-state index >= 15 is 0 Å². The van der Waals surface area contributed by atoms with E-state index in [2.05, 4.69) is 4.98 Å². The van der Waals surface area contributed by atoms with Crippen molar-refractivity contribution in [1.82, 2.24) is 4.98 Å². The SMILES string of the molecule is N#Cc1nc(C(F)F)c([N+](=O)[O-])cc1F. The number of rotatable bonds is 2. The summed E-state index contributed by atoms with van der Waals surface area (Å²) < 4.78 is 37.3. The van der Waals surface area contributed by atoms with Crippen LogP contribution in [-0.2, 0) is 0 Å². The summed E-state index contributed by atoms with van der Waals surface area (Å²) in [7, 11) is 0. The lowest BCUT2D eigenvalue weighted by Crippen LogP contribution is -2.03. The van der Waals surface area contributed by atoms with Gasteiger partial charge in [0, 0.05) is 0 Å². The topological polar surface area (TPSA) is 79.8 Å². The predicted octanol–water partition coefficient (Wildman–Crippen LogP) is 1.94. The standard InChI is InChI=1S/C7H2F3N3O2/c8-3-1-5(13(14)15)6(7(9)10)12-4(3)2-11/h1,7H. The Hall–Kier alpha value is -2.17. The number of aromatic nitrogens is 1. The average molecular weight is 217 g/mol. The zero-order valence-corrected chi connectivity index (χ0v) is 6.95. The minimum Gasteiger partial charge on any atom is -0.258 e. The van der Waals surface area contributed by atoms with Gasteiger partial charge in [0.05, 0.1) is 11.0 Å². The van der Waals surface area contributed by atoms with Crippen LogP contribution in [0, 0.1) is 27.3 Å². The first-order chi connectivity index (χ1) is 6.97. The van der Waals surface area contributed by atoms with E-state index in [1.165, 1.54) is 6.07 Å². The summed E-state index contributed by atoms with van der Waals surface area (Å²) in [4.78, 5) is 12.0. The number of nitriles is 1. The molecule has 15 heavy (non-hydrogen) atoms. The molecule has 0 aromatic carbocycles. The third-order valence-electron chi connectivity index (χ3n) is 1.49. The van der Waals surface area contributed by atoms with Gasteiger partial charge in [-0.15, -0.1) is 0 Å². The molecule has 0 radical (unpaired) electrons. The Bertz CT molecular complexity index is 456. The largest absolute Gasteiger partial charge is 0.299 e. The Morgan fingerprint density at radius 3 is 2.60 bits per heavy atom. The molecule has 0 spiro atoms. The highest BCUT2D eigenvalue weighted by atomic mass is 19.3. The molecule has 5 nitrogen and oxygen atoms in total. The number of hydrogen-bond donors (Lipinski definition) is 0. The molecule has 0 fully saturated rings. The molecule has 0 aliphatic heterocycles. The maximum atomic E-state index is 12.8. The van der Waals surface area contributed by atoms with Gasteiger partial charge >= 0.3 is 0 Å². The first-order valence-electron chi connectivity index (χ1n) is 3.50. The monoisotopic (exact) mass is 217 g/mol. The lowest BCUT2D eigenvalue weighted by molar-refractivity contribution is -0.386. The molecule has 1 rings (SSSR count). The van der Waals surface area contributed by atoms with Gasteiger partial charge in [-0.3, -0.25) is 10.1 Å². The maximum Gasteiger partial charge on any atom is 0.299 e. The van der Waals surface area contributed by atoms with Crippen LogP contribution in [-0.4, -0.2) is 9.91 Å². The van der Waals surface area contributed by atoms with Crippen molar-refractivity contribution >= 4 is 5.69 Å². The van der Waals surface area contributed by atoms with Gasteiger partial charge in [-0.2, -0.15) is 5.26 Å². The Morgan fingerprint density at radius 1 is 1.60 bits per heavy atom. The molecule has 1 aromatic rings. The van der Waals surface area contributed by atoms with Crippen molar-refractivity contribution in [3.05, 3.63) is 33.4 Å². The number of pyridine rings is 1. The van der Waals surface area contributed by atoms with Gasteiger partial charge in [-0.05, 0) is 0 Å². The van der Waals surface area contributed by atoms with Crippen molar-refractivity contribution in [2.24, 2.45) is 0 Å². The Labute approximate surface area is 80.9 Å². The third-order valence-corrected chi connectivity index (χ3v) is 1.49. The van der Waals surface area contributed by atoms with E-state index in [-0.39, 0.29) is 6.07 Å². The van der Waals surface area contributed by atoms with Gasteiger partial charge in [0.1, 0.15) is 6.07 Å². The summed E-state index contributed by atoms with van der Waals surface area (Å²) in [5.41, 5.74) is -3.24. The first-order valence-corrected chi connectivity index (χ1v) is 3.50. The summed E-state index contributed by atoms with van der Waals surface area (Å²) in [6.45, 7) is 0. The highest BCUT2D eigenvalue weighted by molar-refractivity contribution is 5.40. The normalized spacial score (nSPS) is 10.1. The molecule has 0 aliphatic carbocycles. The van der Waals surface area contributed by atoms with E-state index in [0.717, 1.165) is 0 Å². The van der Waals surface area contributed by atoms with Crippen LogP contribution in [0.3, 0.4) is 0 Å². The third kappa shape index (κ3) is 2.01. The first kappa shape index (κ1) is 10.9. The van der Waals surface area contributed by atoms with E-state index in [1.54, 1.807) is 0 Å². The highest BCUT2D eigenvalue weighted by Crippen LogP contribution is 2.28. The van der Waals surface area contributed by atoms with E-state index in [4.69, 9.17) is 5.26 Å². The minimum absolute atomic E-state index is 0.257. The smallest absolute Gasteiger partial charge is 0.258 e. The quantitative estimate of drug-likeness (QED) is 0.560. The van der Waals surface area contributed by atoms with Gasteiger partial charge in [-0.25, -0.2) is 18.2 Å². The van der Waals surface area contributed by atoms with Gasteiger partial charge in [0.15, 0.2) is 17.2 Å². The average Bonchev–Trinajstić information content (AvgIpc) is 2.16. The number of alkyl halides is 2. The maximum absolute atomic E-state index is 12.8. The van der Waals surface area contributed by atoms with Crippen LogP contribution in [0.5, 0.6) is 0 Å². The summed E-state index contributed by atoms with van der Waals surface area (Å²) >= 11 is 0. The van der Waals surface area contributed by atoms with E-state index in [9.17, 15) is 23.3 Å². The minimum atomic E-state index is -3.24. The van der Waals surface area contributed by atoms with Crippen molar-refractivity contribution in [2.75, 3.05) is 0 Å². The van der Waals surface area contributed by atoms with E-state index in [0.29, 0.717) is 0 Å². The molecule has 0 atom stereocenters. The summed E-state index contributed by atoms with van der Waals surface area (Å²) in [6, 6.07) is 1.47. The number of hydrogen-bond acceptors (Lipinski definition) is 4. The van der Waals surface area contributed by atoms with Gasteiger partial charge < -0.3 is 0 Å². The van der Waals surface area contributed by atoms with Crippen LogP contribution < -0.4 is 0 Å². The number of halogens is 3. The highest BCUT2D eigenvalue weighted by Gasteiger charge is 2.26. The molecule has 0 N–H and O–H groups in total. The molecule has 0 saturated carbocycles. The van der Waals surface area contributed by atoms with Crippen molar-refractivity contribution in [2.45, 2.75) is 6.43 Å². The fourth-order valence-electron chi connectivity index (χ4n) is 0.879. The Morgan fingerprint density at radius 2 is 2.20 bits per heavy atom. The van der Waals surface area contributed by atoms with Gasteiger partial charge in [-0.1, -0.05) is 0 Å². The van der Waals surface area contributed by atoms with Crippen LogP contribution in [0.2, 0.25) is 0 Å². The lowest BCUT2D eigenvalue weighted by Gasteiger charge is -2.01. The Kier molecular flexibility index (Phi) is 2.85. The zero-order chi connectivity index (χ0) is 11.6. The van der Waals surface area contributed by atoms with Crippen molar-refractivity contribution < 1.29 is 18.1 Å². The lowest BCUT2D eigenvalue weighted by atomic mass is 10.2. The molecule has 0 bridgehead atoms. The molecule has 0 aliphatic rings. The molecule has 0 amide bonds. The Balaban J connectivity index is 3.47. The zero-order valence-electron chi connectivity index (χ0n) is 6.95. The van der Waals surface area contributed by atoms with Crippen molar-refractivity contribution in [1.29, 1.82) is 5.26 Å². The van der Waals surface area contributed by atoms with Crippen LogP contribution in [0.15, 0.2) is 6.07 Å². The fraction of sp³-hybridized carbons (Fsp3) is 0.143. The predicted molar refractivity (Wildman–Crippen MR) is 40.5 cm³/mol. The molecule has 8 heteroatoms. The molecular weight excluding hydrogens is 215 g/mol. The summed E-state index contributed by atoms with van der Waals surface area (Å²) in [5.74, 6) is -1.30. The fourth-order valence-corrected chi connectivity index (χ4v) is 0.879. The van der Waals surface area contributed by atoms with Gasteiger partial charge in [0.25, 0.3) is 12.1 Å². The van der Waals surface area contributed by atoms with Crippen molar-refractivity contribution in [3.63, 3.8) is 0 Å². The van der Waals surface area contributed by atoms with Crippen LogP contribution in [0.25, 0.3) is 0 Å². The second-order valence-electron chi connectivity index (χ2n) is 2.39. The molecule has 78 valence electrons. The number of nitro groups is 1. The second kappa shape index (κ2) is 3.91. The van der Waals surface area contributed by atoms with Crippen LogP contribution in [0.4, 0.5) is 18.9 Å². The summed E-state index contributed by atoms with van der Waals surface area (Å²) in [6.07, 6.45) is -3.24. The summed E-state index contributed by atoms with van der Waals surface area (Å²) in [5, 5.41) is 18.5. The molecule has 0 unspecified atom stereocenters. The van der Waals surface area contributed by atoms with E-state index < -0.39 is 34.2 Å². The molecule has 1 heterocycles. The van der Waals surface area contributed by atoms with Crippen LogP contribution in [0.1, 0.15) is 17.8 Å².